The second-order valence-electron chi connectivity index (χ2n) is 5.11. The van der Waals surface area contributed by atoms with E-state index in [4.69, 9.17) is 5.11 Å². The minimum atomic E-state index is 0.237. The SMILES string of the molecule is C=C(C)NCCNSC(C)C(CO)SC.CC.CC.CC(C)C. The maximum atomic E-state index is 9.09. The molecule has 0 bridgehead atoms. The Kier molecular flexibility index (Phi) is 36.4. The van der Waals surface area contributed by atoms with E-state index < -0.39 is 0 Å². The quantitative estimate of drug-likeness (QED) is 0.387. The van der Waals surface area contributed by atoms with Gasteiger partial charge in [-0.1, -0.05) is 73.9 Å². The molecule has 0 rings (SSSR count). The summed E-state index contributed by atoms with van der Waals surface area (Å²) in [6.07, 6.45) is 2.03. The summed E-state index contributed by atoms with van der Waals surface area (Å²) in [4.78, 5) is 0. The standard InChI is InChI=1S/C10H22N2OS2.C4H10.2C2H6/c1-8(2)11-5-6-12-15-9(3)10(7-13)14-4;1-4(2)3;2*1-2/h9-13H,1,5-7H2,2-4H3;4H,1-3H3;2*1-2H3. The van der Waals surface area contributed by atoms with Crippen molar-refractivity contribution in [2.45, 2.75) is 72.8 Å². The van der Waals surface area contributed by atoms with Crippen molar-refractivity contribution >= 4 is 23.7 Å². The number of hydrogen-bond donors (Lipinski definition) is 3. The first-order valence-electron chi connectivity index (χ1n) is 8.76. The zero-order valence-corrected chi connectivity index (χ0v) is 19.0. The van der Waals surface area contributed by atoms with Gasteiger partial charge in [-0.05, 0) is 19.1 Å². The molecule has 0 fully saturated rings. The van der Waals surface area contributed by atoms with Gasteiger partial charge in [0, 0.05) is 29.3 Å². The maximum absolute atomic E-state index is 9.09. The minimum Gasteiger partial charge on any atom is -0.395 e. The van der Waals surface area contributed by atoms with Crippen LogP contribution in [0.5, 0.6) is 0 Å². The number of nitrogens with one attached hydrogen (secondary N) is 2. The first-order chi connectivity index (χ1) is 10.8. The topological polar surface area (TPSA) is 44.3 Å². The molecule has 5 heteroatoms. The average Bonchev–Trinajstić information content (AvgIpc) is 2.51. The fraction of sp³-hybridized carbons (Fsp3) is 0.889. The lowest BCUT2D eigenvalue weighted by Crippen LogP contribution is -2.27. The van der Waals surface area contributed by atoms with Crippen molar-refractivity contribution in [3.63, 3.8) is 0 Å². The minimum absolute atomic E-state index is 0.237. The van der Waals surface area contributed by atoms with Gasteiger partial charge in [0.1, 0.15) is 0 Å². The molecule has 0 aliphatic rings. The van der Waals surface area contributed by atoms with Gasteiger partial charge in [0.25, 0.3) is 0 Å². The molecule has 2 atom stereocenters. The van der Waals surface area contributed by atoms with Gasteiger partial charge in [0.15, 0.2) is 0 Å². The molecule has 0 amide bonds. The molecule has 0 aromatic rings. The fourth-order valence-electron chi connectivity index (χ4n) is 1.01. The van der Waals surface area contributed by atoms with Crippen LogP contribution in [0.15, 0.2) is 12.3 Å². The highest BCUT2D eigenvalue weighted by molar-refractivity contribution is 8.02. The van der Waals surface area contributed by atoms with E-state index in [2.05, 4.69) is 44.3 Å². The normalized spacial score (nSPS) is 11.7. The Morgan fingerprint density at radius 3 is 1.78 bits per heavy atom. The van der Waals surface area contributed by atoms with Crippen molar-refractivity contribution in [3.8, 4) is 0 Å². The van der Waals surface area contributed by atoms with Crippen LogP contribution in [0.2, 0.25) is 0 Å². The van der Waals surface area contributed by atoms with Crippen LogP contribution in [0.3, 0.4) is 0 Å². The fourth-order valence-corrected chi connectivity index (χ4v) is 2.76. The number of thioether (sulfide) groups is 1. The molecule has 0 heterocycles. The van der Waals surface area contributed by atoms with Crippen molar-refractivity contribution in [1.29, 1.82) is 0 Å². The molecule has 0 aliphatic carbocycles. The van der Waals surface area contributed by atoms with Gasteiger partial charge in [-0.25, -0.2) is 0 Å². The van der Waals surface area contributed by atoms with Crippen LogP contribution >= 0.6 is 23.7 Å². The number of rotatable bonds is 9. The number of aliphatic hydroxyl groups is 1. The number of aliphatic hydroxyl groups excluding tert-OH is 1. The Bertz CT molecular complexity index is 208. The highest BCUT2D eigenvalue weighted by Gasteiger charge is 2.14. The van der Waals surface area contributed by atoms with Crippen LogP contribution in [0.1, 0.15) is 62.3 Å². The van der Waals surface area contributed by atoms with Crippen molar-refractivity contribution in [1.82, 2.24) is 10.0 Å². The lowest BCUT2D eigenvalue weighted by molar-refractivity contribution is 0.294. The maximum Gasteiger partial charge on any atom is 0.0561 e. The summed E-state index contributed by atoms with van der Waals surface area (Å²) in [7, 11) is 0. The monoisotopic (exact) mass is 368 g/mol. The molecule has 0 spiro atoms. The molecule has 0 aromatic carbocycles. The van der Waals surface area contributed by atoms with Gasteiger partial charge in [-0.2, -0.15) is 11.8 Å². The molecule has 2 unspecified atom stereocenters. The Balaban J connectivity index is -0.000000190. The molecular formula is C18H44N2OS2. The third kappa shape index (κ3) is 34.5. The van der Waals surface area contributed by atoms with E-state index in [0.29, 0.717) is 10.5 Å². The Morgan fingerprint density at radius 1 is 1.04 bits per heavy atom. The van der Waals surface area contributed by atoms with E-state index in [1.165, 1.54) is 0 Å². The third-order valence-electron chi connectivity index (χ3n) is 1.93. The lowest BCUT2D eigenvalue weighted by Gasteiger charge is -2.19. The van der Waals surface area contributed by atoms with Crippen LogP contribution < -0.4 is 10.0 Å². The summed E-state index contributed by atoms with van der Waals surface area (Å²) in [6.45, 7) is 24.4. The highest BCUT2D eigenvalue weighted by atomic mass is 32.2. The second kappa shape index (κ2) is 27.0. The van der Waals surface area contributed by atoms with Crippen LogP contribution in [0.25, 0.3) is 0 Å². The van der Waals surface area contributed by atoms with E-state index in [9.17, 15) is 0 Å². The predicted octanol–water partition coefficient (Wildman–Crippen LogP) is 5.17. The van der Waals surface area contributed by atoms with Gasteiger partial charge in [-0.3, -0.25) is 4.72 Å². The Morgan fingerprint density at radius 2 is 1.48 bits per heavy atom. The van der Waals surface area contributed by atoms with E-state index >= 15 is 0 Å². The van der Waals surface area contributed by atoms with Crippen LogP contribution in [-0.4, -0.2) is 41.6 Å². The van der Waals surface area contributed by atoms with Crippen molar-refractivity contribution < 1.29 is 5.11 Å². The van der Waals surface area contributed by atoms with Crippen LogP contribution in [-0.2, 0) is 0 Å². The molecule has 23 heavy (non-hydrogen) atoms. The van der Waals surface area contributed by atoms with Gasteiger partial charge >= 0.3 is 0 Å². The summed E-state index contributed by atoms with van der Waals surface area (Å²) in [5.41, 5.74) is 0.993. The van der Waals surface area contributed by atoms with E-state index in [1.54, 1.807) is 23.7 Å². The molecule has 3 nitrogen and oxygen atoms in total. The number of allylic oxidation sites excluding steroid dienone is 1. The smallest absolute Gasteiger partial charge is 0.0561 e. The van der Waals surface area contributed by atoms with E-state index in [-0.39, 0.29) is 6.61 Å². The second-order valence-corrected chi connectivity index (χ2v) is 7.46. The van der Waals surface area contributed by atoms with Gasteiger partial charge in [0.2, 0.25) is 0 Å². The largest absolute Gasteiger partial charge is 0.395 e. The third-order valence-corrected chi connectivity index (χ3v) is 4.34. The highest BCUT2D eigenvalue weighted by Crippen LogP contribution is 2.19. The van der Waals surface area contributed by atoms with Gasteiger partial charge in [0.05, 0.1) is 6.61 Å². The summed E-state index contributed by atoms with van der Waals surface area (Å²) < 4.78 is 3.28. The number of hydrogen-bond acceptors (Lipinski definition) is 5. The molecule has 0 saturated carbocycles. The first kappa shape index (κ1) is 31.0. The molecule has 144 valence electrons. The van der Waals surface area contributed by atoms with Gasteiger partial charge < -0.3 is 10.4 Å². The lowest BCUT2D eigenvalue weighted by atomic mass is 10.3. The predicted molar refractivity (Wildman–Crippen MR) is 115 cm³/mol. The molecule has 0 aliphatic heterocycles. The first-order valence-corrected chi connectivity index (χ1v) is 10.9. The van der Waals surface area contributed by atoms with E-state index in [0.717, 1.165) is 24.7 Å². The van der Waals surface area contributed by atoms with Crippen molar-refractivity contribution in [2.24, 2.45) is 5.92 Å². The average molecular weight is 369 g/mol. The zero-order chi connectivity index (χ0) is 19.3. The van der Waals surface area contributed by atoms with Crippen molar-refractivity contribution in [2.75, 3.05) is 26.0 Å². The molecule has 3 N–H and O–H groups in total. The molecule has 0 radical (unpaired) electrons. The summed E-state index contributed by atoms with van der Waals surface area (Å²) >= 11 is 3.39. The molecule has 0 aromatic heterocycles. The summed E-state index contributed by atoms with van der Waals surface area (Å²) in [6, 6.07) is 0. The Hall–Kier alpha value is 0.160. The van der Waals surface area contributed by atoms with Crippen LogP contribution in [0, 0.1) is 5.92 Å². The summed E-state index contributed by atoms with van der Waals surface area (Å²) in [5.74, 6) is 0.833. The van der Waals surface area contributed by atoms with Gasteiger partial charge in [-0.15, -0.1) is 0 Å². The molecular weight excluding hydrogens is 324 g/mol. The molecule has 0 saturated heterocycles. The van der Waals surface area contributed by atoms with Crippen molar-refractivity contribution in [3.05, 3.63) is 12.3 Å². The zero-order valence-electron chi connectivity index (χ0n) is 17.3. The van der Waals surface area contributed by atoms with Crippen LogP contribution in [0.4, 0.5) is 0 Å². The van der Waals surface area contributed by atoms with E-state index in [1.807, 2.05) is 40.9 Å². The Labute approximate surface area is 156 Å². The summed E-state index contributed by atoms with van der Waals surface area (Å²) in [5, 5.41) is 13.0.